The standard InChI is InChI=1S/C14H22N2/c1-9-4-10(2)6-12(5-9)14-8-13(15)7-11(3)16-14/h4-6,11,13-14,16H,7-8,15H2,1-3H3/t11-,13+,14-/m0/s1. The Hall–Kier alpha value is -0.860. The van der Waals surface area contributed by atoms with E-state index in [1.165, 1.54) is 16.7 Å². The summed E-state index contributed by atoms with van der Waals surface area (Å²) in [6.07, 6.45) is 2.13. The maximum Gasteiger partial charge on any atom is 0.0337 e. The Morgan fingerprint density at radius 1 is 1.12 bits per heavy atom. The molecule has 16 heavy (non-hydrogen) atoms. The van der Waals surface area contributed by atoms with Crippen LogP contribution in [-0.4, -0.2) is 12.1 Å². The Morgan fingerprint density at radius 2 is 1.75 bits per heavy atom. The molecule has 1 aliphatic heterocycles. The number of benzene rings is 1. The largest absolute Gasteiger partial charge is 0.328 e. The lowest BCUT2D eigenvalue weighted by molar-refractivity contribution is 0.307. The zero-order valence-corrected chi connectivity index (χ0v) is 10.5. The summed E-state index contributed by atoms with van der Waals surface area (Å²) in [7, 11) is 0. The monoisotopic (exact) mass is 218 g/mol. The van der Waals surface area contributed by atoms with Crippen molar-refractivity contribution < 1.29 is 0 Å². The van der Waals surface area contributed by atoms with Crippen LogP contribution in [0.2, 0.25) is 0 Å². The number of nitrogens with two attached hydrogens (primary N) is 1. The number of rotatable bonds is 1. The number of hydrogen-bond acceptors (Lipinski definition) is 2. The van der Waals surface area contributed by atoms with Crippen molar-refractivity contribution in [2.45, 2.75) is 51.7 Å². The average molecular weight is 218 g/mol. The van der Waals surface area contributed by atoms with Crippen LogP contribution < -0.4 is 11.1 Å². The third kappa shape index (κ3) is 2.63. The molecule has 0 spiro atoms. The molecule has 0 bridgehead atoms. The number of piperidine rings is 1. The first-order valence-electron chi connectivity index (χ1n) is 6.14. The molecule has 0 aromatic heterocycles. The van der Waals surface area contributed by atoms with Gasteiger partial charge in [-0.1, -0.05) is 29.3 Å². The summed E-state index contributed by atoms with van der Waals surface area (Å²) in [6, 6.07) is 8.05. The molecule has 1 saturated heterocycles. The van der Waals surface area contributed by atoms with Crippen LogP contribution in [0.1, 0.15) is 42.5 Å². The Bertz CT molecular complexity index is 343. The summed E-state index contributed by atoms with van der Waals surface area (Å²) in [6.45, 7) is 6.53. The van der Waals surface area contributed by atoms with Gasteiger partial charge in [0.1, 0.15) is 0 Å². The summed E-state index contributed by atoms with van der Waals surface area (Å²) in [5.74, 6) is 0. The second kappa shape index (κ2) is 4.56. The Kier molecular flexibility index (Phi) is 3.31. The van der Waals surface area contributed by atoms with Crippen LogP contribution in [0.4, 0.5) is 0 Å². The molecule has 1 aromatic rings. The second-order valence-corrected chi connectivity index (χ2v) is 5.27. The Balaban J connectivity index is 2.22. The van der Waals surface area contributed by atoms with E-state index in [9.17, 15) is 0 Å². The van der Waals surface area contributed by atoms with Crippen LogP contribution in [0.25, 0.3) is 0 Å². The highest BCUT2D eigenvalue weighted by molar-refractivity contribution is 5.31. The first-order chi connectivity index (χ1) is 7.54. The van der Waals surface area contributed by atoms with Gasteiger partial charge in [-0.15, -0.1) is 0 Å². The number of nitrogens with one attached hydrogen (secondary N) is 1. The van der Waals surface area contributed by atoms with Crippen molar-refractivity contribution in [2.24, 2.45) is 5.73 Å². The lowest BCUT2D eigenvalue weighted by atomic mass is 9.89. The topological polar surface area (TPSA) is 38.0 Å². The molecule has 1 aromatic carbocycles. The van der Waals surface area contributed by atoms with Gasteiger partial charge in [-0.25, -0.2) is 0 Å². The number of aryl methyl sites for hydroxylation is 2. The van der Waals surface area contributed by atoms with E-state index < -0.39 is 0 Å². The van der Waals surface area contributed by atoms with E-state index in [0.29, 0.717) is 18.1 Å². The fraction of sp³-hybridized carbons (Fsp3) is 0.571. The minimum absolute atomic E-state index is 0.335. The molecule has 2 rings (SSSR count). The van der Waals surface area contributed by atoms with E-state index in [2.05, 4.69) is 44.3 Å². The summed E-state index contributed by atoms with van der Waals surface area (Å²) >= 11 is 0. The average Bonchev–Trinajstić information content (AvgIpc) is 2.14. The summed E-state index contributed by atoms with van der Waals surface area (Å²) in [5.41, 5.74) is 10.2. The van der Waals surface area contributed by atoms with Gasteiger partial charge in [0.15, 0.2) is 0 Å². The highest BCUT2D eigenvalue weighted by Gasteiger charge is 2.24. The van der Waals surface area contributed by atoms with E-state index in [0.717, 1.165) is 12.8 Å². The van der Waals surface area contributed by atoms with Crippen LogP contribution in [-0.2, 0) is 0 Å². The van der Waals surface area contributed by atoms with E-state index in [-0.39, 0.29) is 0 Å². The van der Waals surface area contributed by atoms with Crippen LogP contribution in [0.15, 0.2) is 18.2 Å². The maximum atomic E-state index is 6.09. The minimum Gasteiger partial charge on any atom is -0.328 e. The highest BCUT2D eigenvalue weighted by Crippen LogP contribution is 2.26. The molecule has 3 atom stereocenters. The summed E-state index contributed by atoms with van der Waals surface area (Å²) in [4.78, 5) is 0. The van der Waals surface area contributed by atoms with Gasteiger partial charge in [-0.05, 0) is 39.2 Å². The molecule has 88 valence electrons. The third-order valence-corrected chi connectivity index (χ3v) is 3.33. The van der Waals surface area contributed by atoms with Gasteiger partial charge in [-0.3, -0.25) is 0 Å². The molecular formula is C14H22N2. The molecule has 1 heterocycles. The molecule has 0 saturated carbocycles. The van der Waals surface area contributed by atoms with Crippen molar-refractivity contribution in [3.63, 3.8) is 0 Å². The Labute approximate surface area is 98.2 Å². The predicted octanol–water partition coefficient (Wildman–Crippen LogP) is 2.44. The highest BCUT2D eigenvalue weighted by atomic mass is 15.0. The molecular weight excluding hydrogens is 196 g/mol. The van der Waals surface area contributed by atoms with E-state index in [4.69, 9.17) is 5.73 Å². The first-order valence-corrected chi connectivity index (χ1v) is 6.14. The van der Waals surface area contributed by atoms with Crippen LogP contribution in [0.5, 0.6) is 0 Å². The van der Waals surface area contributed by atoms with Gasteiger partial charge in [0.05, 0.1) is 0 Å². The van der Waals surface area contributed by atoms with Crippen molar-refractivity contribution in [3.05, 3.63) is 34.9 Å². The molecule has 0 amide bonds. The van der Waals surface area contributed by atoms with Gasteiger partial charge < -0.3 is 11.1 Å². The number of hydrogen-bond donors (Lipinski definition) is 2. The SMILES string of the molecule is Cc1cc(C)cc([C@@H]2C[C@H](N)C[C@H](C)N2)c1. The molecule has 1 fully saturated rings. The van der Waals surface area contributed by atoms with Crippen molar-refractivity contribution in [2.75, 3.05) is 0 Å². The fourth-order valence-corrected chi connectivity index (χ4v) is 2.78. The molecule has 0 radical (unpaired) electrons. The zero-order valence-electron chi connectivity index (χ0n) is 10.5. The zero-order chi connectivity index (χ0) is 11.7. The van der Waals surface area contributed by atoms with Crippen molar-refractivity contribution in [1.82, 2.24) is 5.32 Å². The molecule has 2 nitrogen and oxygen atoms in total. The van der Waals surface area contributed by atoms with Crippen molar-refractivity contribution in [1.29, 1.82) is 0 Å². The van der Waals surface area contributed by atoms with E-state index >= 15 is 0 Å². The molecule has 2 heteroatoms. The van der Waals surface area contributed by atoms with Crippen LogP contribution in [0.3, 0.4) is 0 Å². The van der Waals surface area contributed by atoms with Crippen LogP contribution >= 0.6 is 0 Å². The van der Waals surface area contributed by atoms with Gasteiger partial charge >= 0.3 is 0 Å². The minimum atomic E-state index is 0.335. The normalized spacial score (nSPS) is 30.4. The van der Waals surface area contributed by atoms with Gasteiger partial charge in [0.25, 0.3) is 0 Å². The Morgan fingerprint density at radius 3 is 2.31 bits per heavy atom. The molecule has 3 N–H and O–H groups in total. The van der Waals surface area contributed by atoms with Crippen LogP contribution in [0, 0.1) is 13.8 Å². The molecule has 0 unspecified atom stereocenters. The smallest absolute Gasteiger partial charge is 0.0337 e. The predicted molar refractivity (Wildman–Crippen MR) is 68.5 cm³/mol. The van der Waals surface area contributed by atoms with Gasteiger partial charge in [0, 0.05) is 18.1 Å². The quantitative estimate of drug-likeness (QED) is 0.760. The summed E-state index contributed by atoms with van der Waals surface area (Å²) in [5, 5.41) is 3.64. The van der Waals surface area contributed by atoms with Crippen molar-refractivity contribution >= 4 is 0 Å². The van der Waals surface area contributed by atoms with E-state index in [1.54, 1.807) is 0 Å². The second-order valence-electron chi connectivity index (χ2n) is 5.27. The lowest BCUT2D eigenvalue weighted by Gasteiger charge is -2.33. The molecule has 0 aliphatic carbocycles. The lowest BCUT2D eigenvalue weighted by Crippen LogP contribution is -2.44. The summed E-state index contributed by atoms with van der Waals surface area (Å²) < 4.78 is 0. The fourth-order valence-electron chi connectivity index (χ4n) is 2.78. The maximum absolute atomic E-state index is 6.09. The molecule has 1 aliphatic rings. The van der Waals surface area contributed by atoms with Gasteiger partial charge in [-0.2, -0.15) is 0 Å². The van der Waals surface area contributed by atoms with Gasteiger partial charge in [0.2, 0.25) is 0 Å². The van der Waals surface area contributed by atoms with E-state index in [1.807, 2.05) is 0 Å². The first kappa shape index (κ1) is 11.6. The third-order valence-electron chi connectivity index (χ3n) is 3.33. The van der Waals surface area contributed by atoms with Crippen molar-refractivity contribution in [3.8, 4) is 0 Å².